The summed E-state index contributed by atoms with van der Waals surface area (Å²) in [6, 6.07) is 0. The zero-order valence-electron chi connectivity index (χ0n) is 12.9. The van der Waals surface area contributed by atoms with Crippen LogP contribution < -0.4 is 0 Å². The monoisotopic (exact) mass is 372 g/mol. The molecule has 0 aromatic heterocycles. The summed E-state index contributed by atoms with van der Waals surface area (Å²) in [5.41, 5.74) is 0. The largest absolute Gasteiger partial charge is 2.00 e. The van der Waals surface area contributed by atoms with Crippen molar-refractivity contribution in [2.24, 2.45) is 0 Å². The van der Waals surface area contributed by atoms with Crippen molar-refractivity contribution in [1.29, 1.82) is 0 Å². The molecule has 0 bridgehead atoms. The van der Waals surface area contributed by atoms with Crippen molar-refractivity contribution in [3.05, 3.63) is 110 Å². The van der Waals surface area contributed by atoms with Gasteiger partial charge >= 0.3 is 21.7 Å². The minimum absolute atomic E-state index is 0. The van der Waals surface area contributed by atoms with Crippen LogP contribution in [0.15, 0.2) is 97.2 Å². The maximum absolute atomic E-state index is 4.83. The number of rotatable bonds is 0. The molecule has 0 fully saturated rings. The van der Waals surface area contributed by atoms with Crippen molar-refractivity contribution < 1.29 is 21.7 Å². The first-order valence-electron chi connectivity index (χ1n) is 7.14. The van der Waals surface area contributed by atoms with Crippen LogP contribution in [-0.4, -0.2) is 10.5 Å². The molecule has 4 aliphatic rings. The zero-order chi connectivity index (χ0) is 15.9. The summed E-state index contributed by atoms with van der Waals surface area (Å²) in [6.07, 6.45) is 35.8. The van der Waals surface area contributed by atoms with Crippen molar-refractivity contribution in [3.63, 3.8) is 0 Å². The van der Waals surface area contributed by atoms with Gasteiger partial charge in [0.25, 0.3) is 0 Å². The van der Waals surface area contributed by atoms with Gasteiger partial charge in [0, 0.05) is 12.8 Å². The molecule has 0 aromatic carbocycles. The molecule has 4 aliphatic carbocycles. The smallest absolute Gasteiger partial charge is 0.781 e. The first kappa shape index (κ1) is 22.3. The van der Waals surface area contributed by atoms with Gasteiger partial charge in [0.2, 0.25) is 0 Å². The topological polar surface area (TPSA) is 0 Å². The van der Waals surface area contributed by atoms with Crippen LogP contribution in [0.1, 0.15) is 0 Å². The van der Waals surface area contributed by atoms with Gasteiger partial charge in [-0.2, -0.15) is 0 Å². The molecule has 0 atom stereocenters. The Hall–Kier alpha value is -0.666. The fourth-order valence-corrected chi connectivity index (χ4v) is 1.83. The Morgan fingerprint density at radius 2 is 0.652 bits per heavy atom. The Labute approximate surface area is 166 Å². The van der Waals surface area contributed by atoms with Crippen LogP contribution in [0.4, 0.5) is 0 Å². The van der Waals surface area contributed by atoms with Gasteiger partial charge in [0.05, 0.1) is 0 Å². The van der Waals surface area contributed by atoms with Crippen LogP contribution in [0.2, 0.25) is 0 Å². The van der Waals surface area contributed by atoms with Gasteiger partial charge in [-0.05, 0) is 0 Å². The quantitative estimate of drug-likeness (QED) is 0.447. The van der Waals surface area contributed by atoms with Crippen molar-refractivity contribution >= 4 is 25.3 Å². The van der Waals surface area contributed by atoms with Crippen LogP contribution >= 0.6 is 0 Å². The second-order valence-electron chi connectivity index (χ2n) is 4.39. The van der Waals surface area contributed by atoms with Crippen LogP contribution in [0.5, 0.6) is 0 Å². The van der Waals surface area contributed by atoms with E-state index in [0.717, 1.165) is 0 Å². The van der Waals surface area contributed by atoms with E-state index in [2.05, 4.69) is 0 Å². The molecule has 0 amide bonds. The summed E-state index contributed by atoms with van der Waals surface area (Å²) >= 11 is 9.66. The number of hydrogen-bond donors (Lipinski definition) is 0. The second kappa shape index (κ2) is 16.2. The first-order chi connectivity index (χ1) is 10.8. The molecule has 2 radical (unpaired) electrons. The molecular weight excluding hydrogens is 352 g/mol. The predicted molar refractivity (Wildman–Crippen MR) is 104 cm³/mol. The molecule has 116 valence electrons. The second-order valence-corrected chi connectivity index (χ2v) is 5.48. The third-order valence-electron chi connectivity index (χ3n) is 2.54. The van der Waals surface area contributed by atoms with Gasteiger partial charge in [-0.3, -0.25) is 0 Å². The average molecular weight is 372 g/mol. The Morgan fingerprint density at radius 3 is 0.739 bits per heavy atom. The van der Waals surface area contributed by atoms with Gasteiger partial charge in [0.15, 0.2) is 0 Å². The van der Waals surface area contributed by atoms with Crippen molar-refractivity contribution in [3.8, 4) is 0 Å². The third-order valence-corrected chi connectivity index (χ3v) is 3.17. The van der Waals surface area contributed by atoms with Crippen molar-refractivity contribution in [1.82, 2.24) is 0 Å². The standard InChI is InChI=1S/2C5H6S.2C5H5.Ti/c2*6-5-3-1-2-4-5;2*1-2-4-5-3-1;/h2*1-6H;2*1-5H;/q;;;;+2/p-2. The normalized spacial score (nSPS) is 18.2. The Morgan fingerprint density at radius 1 is 0.391 bits per heavy atom. The molecule has 0 saturated heterocycles. The predicted octanol–water partition coefficient (Wildman–Crippen LogP) is 4.69. The van der Waals surface area contributed by atoms with E-state index < -0.39 is 0 Å². The third kappa shape index (κ3) is 14.6. The van der Waals surface area contributed by atoms with Gasteiger partial charge in [-0.1, -0.05) is 72.9 Å². The fourth-order valence-electron chi connectivity index (χ4n) is 1.46. The fraction of sp³-hybridized carbons (Fsp3) is 0.100. The van der Waals surface area contributed by atoms with Crippen LogP contribution in [0.25, 0.3) is 0 Å². The van der Waals surface area contributed by atoms with Gasteiger partial charge in [-0.15, -0.1) is 34.8 Å². The van der Waals surface area contributed by atoms with Crippen LogP contribution in [0, 0.1) is 12.8 Å². The van der Waals surface area contributed by atoms with E-state index in [1.807, 2.05) is 110 Å². The van der Waals surface area contributed by atoms with Gasteiger partial charge in [-0.25, -0.2) is 0 Å². The molecule has 0 heterocycles. The molecule has 4 rings (SSSR count). The van der Waals surface area contributed by atoms with E-state index in [1.165, 1.54) is 0 Å². The van der Waals surface area contributed by atoms with E-state index in [0.29, 0.717) is 0 Å². The van der Waals surface area contributed by atoms with Crippen molar-refractivity contribution in [2.45, 2.75) is 10.5 Å². The van der Waals surface area contributed by atoms with E-state index in [-0.39, 0.29) is 32.2 Å². The number of hydrogen-bond acceptors (Lipinski definition) is 2. The van der Waals surface area contributed by atoms with E-state index in [9.17, 15) is 0 Å². The van der Waals surface area contributed by atoms with Crippen LogP contribution in [0.3, 0.4) is 0 Å². The summed E-state index contributed by atoms with van der Waals surface area (Å²) in [6.45, 7) is 0. The summed E-state index contributed by atoms with van der Waals surface area (Å²) < 4.78 is 0. The molecule has 0 unspecified atom stereocenters. The molecule has 0 N–H and O–H groups in total. The van der Waals surface area contributed by atoms with E-state index in [1.54, 1.807) is 0 Å². The molecule has 0 spiro atoms. The van der Waals surface area contributed by atoms with Crippen LogP contribution in [-0.2, 0) is 47.0 Å². The summed E-state index contributed by atoms with van der Waals surface area (Å²) in [7, 11) is 0. The Bertz CT molecular complexity index is 428. The van der Waals surface area contributed by atoms with Gasteiger partial charge < -0.3 is 25.3 Å². The SMILES string of the molecule is [CH]1C=CC=C1.[CH]1C=CC=C1.[S-]C1C=CC=C1.[S-]C1C=CC=C1.[Ti+2]. The van der Waals surface area contributed by atoms with Crippen molar-refractivity contribution in [2.75, 3.05) is 0 Å². The molecular formula is C20H20S2Ti. The molecule has 0 aliphatic heterocycles. The molecule has 23 heavy (non-hydrogen) atoms. The summed E-state index contributed by atoms with van der Waals surface area (Å²) in [4.78, 5) is 0. The molecule has 0 saturated carbocycles. The molecule has 0 aromatic rings. The Balaban J connectivity index is 0.000000278. The minimum Gasteiger partial charge on any atom is -0.781 e. The maximum Gasteiger partial charge on any atom is 2.00 e. The molecule has 3 heteroatoms. The zero-order valence-corrected chi connectivity index (χ0v) is 16.1. The van der Waals surface area contributed by atoms with E-state index >= 15 is 0 Å². The maximum atomic E-state index is 4.83. The number of allylic oxidation sites excluding steroid dienone is 12. The Kier molecular flexibility index (Phi) is 15.7. The summed E-state index contributed by atoms with van der Waals surface area (Å²) in [5, 5.41) is 0.537. The molecule has 0 nitrogen and oxygen atoms in total. The van der Waals surface area contributed by atoms with E-state index in [4.69, 9.17) is 25.3 Å². The minimum atomic E-state index is 0. The summed E-state index contributed by atoms with van der Waals surface area (Å²) in [5.74, 6) is 0. The van der Waals surface area contributed by atoms with Gasteiger partial charge in [0.1, 0.15) is 0 Å². The first-order valence-corrected chi connectivity index (χ1v) is 8.08. The average Bonchev–Trinajstić information content (AvgIpc) is 3.32.